The molecular weight excluding hydrogens is 296 g/mol. The normalized spacial score (nSPS) is 37.5. The molecule has 2 unspecified atom stereocenters. The summed E-state index contributed by atoms with van der Waals surface area (Å²) in [5.41, 5.74) is 0.836. The van der Waals surface area contributed by atoms with E-state index >= 15 is 0 Å². The third-order valence-corrected chi connectivity index (χ3v) is 4.42. The molecule has 2 fully saturated rings. The fraction of sp³-hybridized carbons (Fsp3) is 0.857. The van der Waals surface area contributed by atoms with E-state index in [1.165, 1.54) is 0 Å². The third kappa shape index (κ3) is 3.79. The molecular formula is C14H21B2N3O4. The molecule has 2 aliphatic heterocycles. The van der Waals surface area contributed by atoms with E-state index in [-0.39, 0.29) is 36.4 Å². The summed E-state index contributed by atoms with van der Waals surface area (Å²) in [6, 6.07) is -0.565. The first-order valence-electron chi connectivity index (χ1n) is 7.85. The van der Waals surface area contributed by atoms with Gasteiger partial charge in [-0.05, 0) is 12.8 Å². The minimum absolute atomic E-state index is 0.0142. The molecule has 0 N–H and O–H groups in total. The standard InChI is InChI=1S/C14H21B2N3O4/c1-20-7-12-9(4-13(15)23-12)19-6-8(17-18-19)3-11-10(21-2)5-14(16)22-11/h6,9-14H,3-5,7H2,1-2H3/t9?,10?,11-,12-,13-,14-/m1/s1. The molecule has 9 heteroatoms. The largest absolute Gasteiger partial charge is 0.382 e. The second-order valence-corrected chi connectivity index (χ2v) is 6.09. The highest BCUT2D eigenvalue weighted by atomic mass is 16.6. The van der Waals surface area contributed by atoms with Crippen molar-refractivity contribution >= 4 is 15.7 Å². The van der Waals surface area contributed by atoms with Crippen LogP contribution in [-0.4, -0.2) is 81.8 Å². The van der Waals surface area contributed by atoms with Gasteiger partial charge in [-0.15, -0.1) is 5.10 Å². The van der Waals surface area contributed by atoms with Gasteiger partial charge in [0.15, 0.2) is 0 Å². The lowest BCUT2D eigenvalue weighted by molar-refractivity contribution is 0.00931. The van der Waals surface area contributed by atoms with Crippen LogP contribution in [0.3, 0.4) is 0 Å². The number of methoxy groups -OCH3 is 2. The van der Waals surface area contributed by atoms with E-state index in [1.807, 2.05) is 10.9 Å². The van der Waals surface area contributed by atoms with Gasteiger partial charge in [-0.25, -0.2) is 4.68 Å². The van der Waals surface area contributed by atoms with E-state index < -0.39 is 0 Å². The van der Waals surface area contributed by atoms with E-state index in [2.05, 4.69) is 10.3 Å². The Morgan fingerprint density at radius 1 is 1.22 bits per heavy atom. The summed E-state index contributed by atoms with van der Waals surface area (Å²) in [7, 11) is 15.0. The Kier molecular flexibility index (Phi) is 5.41. The average molecular weight is 317 g/mol. The maximum absolute atomic E-state index is 5.88. The number of aromatic nitrogens is 3. The van der Waals surface area contributed by atoms with Crippen LogP contribution in [0.15, 0.2) is 6.20 Å². The first-order valence-corrected chi connectivity index (χ1v) is 7.85. The quantitative estimate of drug-likeness (QED) is 0.665. The summed E-state index contributed by atoms with van der Waals surface area (Å²) in [5, 5.41) is 8.46. The molecule has 122 valence electrons. The lowest BCUT2D eigenvalue weighted by Gasteiger charge is -2.17. The summed E-state index contributed by atoms with van der Waals surface area (Å²) >= 11 is 0. The maximum Gasteiger partial charge on any atom is 0.109 e. The highest BCUT2D eigenvalue weighted by Gasteiger charge is 2.36. The molecule has 0 spiro atoms. The van der Waals surface area contributed by atoms with Crippen LogP contribution in [-0.2, 0) is 25.4 Å². The molecule has 23 heavy (non-hydrogen) atoms. The van der Waals surface area contributed by atoms with Gasteiger partial charge in [-0.3, -0.25) is 0 Å². The Bertz CT molecular complexity index is 518. The van der Waals surface area contributed by atoms with Gasteiger partial charge in [0.2, 0.25) is 0 Å². The number of hydrogen-bond donors (Lipinski definition) is 0. The van der Waals surface area contributed by atoms with Crippen LogP contribution >= 0.6 is 0 Å². The van der Waals surface area contributed by atoms with Gasteiger partial charge in [-0.1, -0.05) is 5.21 Å². The van der Waals surface area contributed by atoms with Gasteiger partial charge >= 0.3 is 0 Å². The van der Waals surface area contributed by atoms with Gasteiger partial charge < -0.3 is 18.9 Å². The number of ether oxygens (including phenoxy) is 4. The highest BCUT2D eigenvalue weighted by molar-refractivity contribution is 6.11. The lowest BCUT2D eigenvalue weighted by atomic mass is 9.95. The van der Waals surface area contributed by atoms with E-state index in [1.54, 1.807) is 14.2 Å². The molecule has 0 bridgehead atoms. The number of nitrogens with zero attached hydrogens (tertiary/aromatic N) is 3. The van der Waals surface area contributed by atoms with Crippen LogP contribution in [0.4, 0.5) is 0 Å². The summed E-state index contributed by atoms with van der Waals surface area (Å²) in [6.45, 7) is 0.472. The van der Waals surface area contributed by atoms with Gasteiger partial charge in [0.25, 0.3) is 0 Å². The van der Waals surface area contributed by atoms with Crippen molar-refractivity contribution in [1.82, 2.24) is 15.0 Å². The summed E-state index contributed by atoms with van der Waals surface area (Å²) in [5.74, 6) is 0. The van der Waals surface area contributed by atoms with Crippen molar-refractivity contribution in [2.75, 3.05) is 20.8 Å². The van der Waals surface area contributed by atoms with Crippen LogP contribution in [0.5, 0.6) is 0 Å². The molecule has 3 rings (SSSR count). The van der Waals surface area contributed by atoms with Crippen molar-refractivity contribution in [3.63, 3.8) is 0 Å². The monoisotopic (exact) mass is 317 g/mol. The summed E-state index contributed by atoms with van der Waals surface area (Å²) < 4.78 is 23.8. The smallest absolute Gasteiger partial charge is 0.109 e. The van der Waals surface area contributed by atoms with Crippen LogP contribution in [0.2, 0.25) is 0 Å². The zero-order valence-electron chi connectivity index (χ0n) is 13.5. The molecule has 0 saturated carbocycles. The minimum Gasteiger partial charge on any atom is -0.382 e. The van der Waals surface area contributed by atoms with Crippen molar-refractivity contribution in [2.24, 2.45) is 0 Å². The molecule has 2 aliphatic rings. The van der Waals surface area contributed by atoms with Crippen LogP contribution in [0.25, 0.3) is 0 Å². The zero-order valence-corrected chi connectivity index (χ0v) is 13.5. The lowest BCUT2D eigenvalue weighted by Crippen LogP contribution is -2.26. The van der Waals surface area contributed by atoms with Gasteiger partial charge in [-0.2, -0.15) is 0 Å². The Balaban J connectivity index is 1.66. The first kappa shape index (κ1) is 16.9. The van der Waals surface area contributed by atoms with Crippen LogP contribution in [0.1, 0.15) is 24.6 Å². The third-order valence-electron chi connectivity index (χ3n) is 4.42. The van der Waals surface area contributed by atoms with E-state index in [4.69, 9.17) is 34.6 Å². The second kappa shape index (κ2) is 7.34. The number of rotatable bonds is 6. The number of hydrogen-bond acceptors (Lipinski definition) is 6. The van der Waals surface area contributed by atoms with Crippen LogP contribution < -0.4 is 0 Å². The van der Waals surface area contributed by atoms with Crippen molar-refractivity contribution in [3.8, 4) is 0 Å². The molecule has 4 radical (unpaired) electrons. The molecule has 0 amide bonds. The van der Waals surface area contributed by atoms with Crippen LogP contribution in [0, 0.1) is 0 Å². The Hall–Kier alpha value is -0.890. The maximum atomic E-state index is 5.88. The van der Waals surface area contributed by atoms with E-state index in [9.17, 15) is 0 Å². The van der Waals surface area contributed by atoms with Gasteiger partial charge in [0.05, 0.1) is 30.6 Å². The minimum atomic E-state index is -0.304. The van der Waals surface area contributed by atoms with Crippen molar-refractivity contribution in [2.45, 2.75) is 55.6 Å². The average Bonchev–Trinajstić information content (AvgIpc) is 3.19. The molecule has 0 aromatic carbocycles. The fourth-order valence-electron chi connectivity index (χ4n) is 3.30. The SMILES string of the molecule is [B][C@H]1CC(OC)[C@@H](Cc2cn(C3C[C@H]([B])O[C@@H]3COC)nn2)O1. The van der Waals surface area contributed by atoms with Crippen molar-refractivity contribution < 1.29 is 18.9 Å². The second-order valence-electron chi connectivity index (χ2n) is 6.09. The fourth-order valence-corrected chi connectivity index (χ4v) is 3.30. The van der Waals surface area contributed by atoms with Gasteiger partial charge in [0.1, 0.15) is 21.8 Å². The molecule has 6 atom stereocenters. The topological polar surface area (TPSA) is 67.6 Å². The van der Waals surface area contributed by atoms with Crippen molar-refractivity contribution in [3.05, 3.63) is 11.9 Å². The summed E-state index contributed by atoms with van der Waals surface area (Å²) in [4.78, 5) is 0. The zero-order chi connectivity index (χ0) is 16.4. The predicted octanol–water partition coefficient (Wildman–Crippen LogP) is -0.410. The highest BCUT2D eigenvalue weighted by Crippen LogP contribution is 2.30. The predicted molar refractivity (Wildman–Crippen MR) is 83.5 cm³/mol. The van der Waals surface area contributed by atoms with E-state index in [0.717, 1.165) is 5.69 Å². The molecule has 3 heterocycles. The first-order chi connectivity index (χ1) is 11.1. The molecule has 1 aromatic rings. The molecule has 1 aromatic heterocycles. The molecule has 7 nitrogen and oxygen atoms in total. The molecule has 0 aliphatic carbocycles. The Labute approximate surface area is 138 Å². The van der Waals surface area contributed by atoms with Gasteiger partial charge in [0, 0.05) is 38.8 Å². The summed E-state index contributed by atoms with van der Waals surface area (Å²) in [6.07, 6.45) is 3.66. The Morgan fingerprint density at radius 2 is 1.96 bits per heavy atom. The van der Waals surface area contributed by atoms with Crippen molar-refractivity contribution in [1.29, 1.82) is 0 Å². The Morgan fingerprint density at radius 3 is 2.70 bits per heavy atom. The molecule has 2 saturated heterocycles. The van der Waals surface area contributed by atoms with E-state index in [0.29, 0.717) is 25.9 Å².